The highest BCUT2D eigenvalue weighted by molar-refractivity contribution is 5.79. The number of nitrogens with zero attached hydrogens (tertiary/aromatic N) is 4. The standard InChI is InChI=1S/C19H19N5O2/c1-23-17(25)10-14(19(23)13-5-7-20-8-6-13)12-21-15-11-18(26)24-9-3-2-4-16(24)22-15/h2-9,11,14,19,21H,10,12H2,1H3/t14-,19-/m0/s1. The molecule has 4 heterocycles. The van der Waals surface area contributed by atoms with Crippen LogP contribution in [-0.2, 0) is 4.79 Å². The third-order valence-corrected chi connectivity index (χ3v) is 4.86. The highest BCUT2D eigenvalue weighted by atomic mass is 16.2. The topological polar surface area (TPSA) is 79.6 Å². The fourth-order valence-electron chi connectivity index (χ4n) is 3.57. The average Bonchev–Trinajstić information content (AvgIpc) is 2.95. The molecule has 1 N–H and O–H groups in total. The molecule has 0 saturated carbocycles. The molecule has 0 unspecified atom stereocenters. The summed E-state index contributed by atoms with van der Waals surface area (Å²) in [6.07, 6.45) is 5.63. The van der Waals surface area contributed by atoms with Gasteiger partial charge in [-0.15, -0.1) is 0 Å². The van der Waals surface area contributed by atoms with Gasteiger partial charge < -0.3 is 10.2 Å². The lowest BCUT2D eigenvalue weighted by Gasteiger charge is -2.25. The van der Waals surface area contributed by atoms with Gasteiger partial charge in [-0.3, -0.25) is 19.0 Å². The SMILES string of the molecule is CN1C(=O)C[C@@H](CNc2cc(=O)n3ccccc3n2)[C@@H]1c1ccncc1. The summed E-state index contributed by atoms with van der Waals surface area (Å²) in [5.41, 5.74) is 1.52. The van der Waals surface area contributed by atoms with Crippen molar-refractivity contribution in [1.29, 1.82) is 0 Å². The molecule has 1 amide bonds. The zero-order valence-electron chi connectivity index (χ0n) is 14.4. The van der Waals surface area contributed by atoms with Crippen LogP contribution in [0.25, 0.3) is 5.65 Å². The highest BCUT2D eigenvalue weighted by Crippen LogP contribution is 2.36. The number of anilines is 1. The molecule has 1 aliphatic heterocycles. The van der Waals surface area contributed by atoms with Gasteiger partial charge in [-0.1, -0.05) is 6.07 Å². The smallest absolute Gasteiger partial charge is 0.259 e. The van der Waals surface area contributed by atoms with Crippen molar-refractivity contribution in [2.24, 2.45) is 5.92 Å². The number of hydrogen-bond acceptors (Lipinski definition) is 5. The third kappa shape index (κ3) is 2.92. The summed E-state index contributed by atoms with van der Waals surface area (Å²) >= 11 is 0. The van der Waals surface area contributed by atoms with Gasteiger partial charge in [0.15, 0.2) is 0 Å². The predicted molar refractivity (Wildman–Crippen MR) is 97.8 cm³/mol. The normalized spacial score (nSPS) is 19.9. The van der Waals surface area contributed by atoms with Crippen LogP contribution in [0.5, 0.6) is 0 Å². The van der Waals surface area contributed by atoms with Gasteiger partial charge in [0.1, 0.15) is 11.5 Å². The van der Waals surface area contributed by atoms with Crippen LogP contribution in [0.4, 0.5) is 5.82 Å². The summed E-state index contributed by atoms with van der Waals surface area (Å²) in [5.74, 6) is 0.729. The minimum atomic E-state index is -0.136. The van der Waals surface area contributed by atoms with E-state index in [9.17, 15) is 9.59 Å². The lowest BCUT2D eigenvalue weighted by atomic mass is 9.94. The maximum absolute atomic E-state index is 12.2. The Balaban J connectivity index is 1.57. The van der Waals surface area contributed by atoms with E-state index in [1.807, 2.05) is 25.2 Å². The van der Waals surface area contributed by atoms with Crippen LogP contribution in [0.2, 0.25) is 0 Å². The second-order valence-corrected chi connectivity index (χ2v) is 6.48. The van der Waals surface area contributed by atoms with Gasteiger partial charge in [0.2, 0.25) is 5.91 Å². The van der Waals surface area contributed by atoms with Crippen molar-refractivity contribution in [2.75, 3.05) is 18.9 Å². The quantitative estimate of drug-likeness (QED) is 0.776. The summed E-state index contributed by atoms with van der Waals surface area (Å²) in [6, 6.07) is 10.8. The molecule has 0 aliphatic carbocycles. The summed E-state index contributed by atoms with van der Waals surface area (Å²) in [6.45, 7) is 0.554. The van der Waals surface area contributed by atoms with Crippen LogP contribution < -0.4 is 10.9 Å². The molecule has 1 aliphatic rings. The molecular formula is C19H19N5O2. The fourth-order valence-corrected chi connectivity index (χ4v) is 3.57. The largest absolute Gasteiger partial charge is 0.369 e. The molecule has 0 radical (unpaired) electrons. The van der Waals surface area contributed by atoms with Crippen molar-refractivity contribution in [2.45, 2.75) is 12.5 Å². The number of amides is 1. The van der Waals surface area contributed by atoms with Crippen molar-refractivity contribution in [1.82, 2.24) is 19.3 Å². The lowest BCUT2D eigenvalue weighted by Crippen LogP contribution is -2.27. The van der Waals surface area contributed by atoms with Crippen LogP contribution in [-0.4, -0.2) is 38.8 Å². The zero-order chi connectivity index (χ0) is 18.1. The third-order valence-electron chi connectivity index (χ3n) is 4.86. The summed E-state index contributed by atoms with van der Waals surface area (Å²) in [5, 5.41) is 3.24. The number of pyridine rings is 2. The Labute approximate surface area is 150 Å². The van der Waals surface area contributed by atoms with Crippen LogP contribution >= 0.6 is 0 Å². The van der Waals surface area contributed by atoms with Crippen LogP contribution in [0, 0.1) is 5.92 Å². The van der Waals surface area contributed by atoms with Gasteiger partial charge in [-0.05, 0) is 29.8 Å². The van der Waals surface area contributed by atoms with E-state index in [-0.39, 0.29) is 23.4 Å². The van der Waals surface area contributed by atoms with Crippen molar-refractivity contribution in [3.05, 3.63) is 70.9 Å². The molecule has 26 heavy (non-hydrogen) atoms. The molecule has 1 fully saturated rings. The Bertz CT molecular complexity index is 1000. The first-order chi connectivity index (χ1) is 12.6. The number of nitrogens with one attached hydrogen (secondary N) is 1. The second-order valence-electron chi connectivity index (χ2n) is 6.48. The van der Waals surface area contributed by atoms with Crippen molar-refractivity contribution in [3.63, 3.8) is 0 Å². The maximum atomic E-state index is 12.2. The minimum absolute atomic E-state index is 0.0143. The van der Waals surface area contributed by atoms with E-state index < -0.39 is 0 Å². The first kappa shape index (κ1) is 16.3. The van der Waals surface area contributed by atoms with Gasteiger partial charge in [-0.2, -0.15) is 0 Å². The maximum Gasteiger partial charge on any atom is 0.259 e. The molecule has 3 aromatic heterocycles. The number of aromatic nitrogens is 3. The number of rotatable bonds is 4. The Morgan fingerprint density at radius 3 is 2.81 bits per heavy atom. The first-order valence-electron chi connectivity index (χ1n) is 8.51. The van der Waals surface area contributed by atoms with Crippen LogP contribution in [0.1, 0.15) is 18.0 Å². The van der Waals surface area contributed by atoms with E-state index in [0.717, 1.165) is 5.56 Å². The van der Waals surface area contributed by atoms with Crippen molar-refractivity contribution in [3.8, 4) is 0 Å². The summed E-state index contributed by atoms with van der Waals surface area (Å²) < 4.78 is 1.50. The first-order valence-corrected chi connectivity index (χ1v) is 8.51. The Morgan fingerprint density at radius 2 is 2.00 bits per heavy atom. The van der Waals surface area contributed by atoms with Crippen molar-refractivity contribution >= 4 is 17.4 Å². The van der Waals surface area contributed by atoms with E-state index in [0.29, 0.717) is 24.4 Å². The average molecular weight is 349 g/mol. The molecule has 7 heteroatoms. The van der Waals surface area contributed by atoms with Gasteiger partial charge in [-0.25, -0.2) is 4.98 Å². The van der Waals surface area contributed by atoms with E-state index in [2.05, 4.69) is 15.3 Å². The molecule has 3 aromatic rings. The number of likely N-dealkylation sites (tertiary alicyclic amines) is 1. The highest BCUT2D eigenvalue weighted by Gasteiger charge is 2.38. The van der Waals surface area contributed by atoms with E-state index >= 15 is 0 Å². The van der Waals surface area contributed by atoms with Gasteiger partial charge in [0.25, 0.3) is 5.56 Å². The molecular weight excluding hydrogens is 330 g/mol. The van der Waals surface area contributed by atoms with Gasteiger partial charge in [0.05, 0.1) is 6.04 Å². The number of hydrogen-bond donors (Lipinski definition) is 1. The molecule has 7 nitrogen and oxygen atoms in total. The fraction of sp³-hybridized carbons (Fsp3) is 0.263. The molecule has 4 rings (SSSR count). The van der Waals surface area contributed by atoms with E-state index in [1.54, 1.807) is 35.6 Å². The lowest BCUT2D eigenvalue weighted by molar-refractivity contribution is -0.127. The molecule has 0 spiro atoms. The minimum Gasteiger partial charge on any atom is -0.369 e. The number of carbonyl (C=O) groups excluding carboxylic acids is 1. The predicted octanol–water partition coefficient (Wildman–Crippen LogP) is 1.72. The van der Waals surface area contributed by atoms with Crippen LogP contribution in [0.3, 0.4) is 0 Å². The van der Waals surface area contributed by atoms with E-state index in [1.165, 1.54) is 10.5 Å². The van der Waals surface area contributed by atoms with Gasteiger partial charge >= 0.3 is 0 Å². The molecule has 2 atom stereocenters. The Morgan fingerprint density at radius 1 is 1.19 bits per heavy atom. The second kappa shape index (κ2) is 6.59. The zero-order valence-corrected chi connectivity index (χ0v) is 14.4. The summed E-state index contributed by atoms with van der Waals surface area (Å²) in [7, 11) is 1.83. The molecule has 0 aromatic carbocycles. The van der Waals surface area contributed by atoms with Crippen molar-refractivity contribution < 1.29 is 4.79 Å². The van der Waals surface area contributed by atoms with Crippen LogP contribution in [0.15, 0.2) is 59.8 Å². The van der Waals surface area contributed by atoms with E-state index in [4.69, 9.17) is 0 Å². The molecule has 132 valence electrons. The molecule has 0 bridgehead atoms. The summed E-state index contributed by atoms with van der Waals surface area (Å²) in [4.78, 5) is 34.7. The number of fused-ring (bicyclic) bond motifs is 1. The number of carbonyl (C=O) groups is 1. The molecule has 1 saturated heterocycles. The Hall–Kier alpha value is -3.22. The monoisotopic (exact) mass is 349 g/mol. The van der Waals surface area contributed by atoms with Gasteiger partial charge in [0, 0.05) is 50.6 Å². The Kier molecular flexibility index (Phi) is 4.12.